The Hall–Kier alpha value is -4.04. The zero-order valence-corrected chi connectivity index (χ0v) is 24.2. The van der Waals surface area contributed by atoms with E-state index in [1.165, 1.54) is 0 Å². The third-order valence-electron chi connectivity index (χ3n) is 6.59. The van der Waals surface area contributed by atoms with Crippen molar-refractivity contribution in [3.05, 3.63) is 94.5 Å². The molecular formula is C31H36ClN5O3. The first-order valence-electron chi connectivity index (χ1n) is 13.3. The van der Waals surface area contributed by atoms with Gasteiger partial charge in [0, 0.05) is 67.3 Å². The predicted molar refractivity (Wildman–Crippen MR) is 160 cm³/mol. The van der Waals surface area contributed by atoms with Crippen molar-refractivity contribution in [2.45, 2.75) is 32.9 Å². The van der Waals surface area contributed by atoms with Crippen LogP contribution in [0.4, 0.5) is 16.2 Å². The molecule has 9 heteroatoms. The standard InChI is InChI=1S/C31H36ClN5O3/c1-31(2,3)34-30(40)37-18-16-36(17-19-37)27-15-14-25(33-28(38)23-10-12-24(32)13-11-23)20-26(27)29(39)35(4)21-22-8-6-5-7-9-22/h5-15,20H,16-19,21H2,1-4H3,(H,33,38)(H,34,40). The first-order valence-corrected chi connectivity index (χ1v) is 13.7. The SMILES string of the molecule is CN(Cc1ccccc1)C(=O)c1cc(NC(=O)c2ccc(Cl)cc2)ccc1N1CCN(C(=O)NC(C)(C)C)CC1. The predicted octanol–water partition coefficient (Wildman–Crippen LogP) is 5.49. The summed E-state index contributed by atoms with van der Waals surface area (Å²) in [5.74, 6) is -0.451. The van der Waals surface area contributed by atoms with Gasteiger partial charge in [-0.3, -0.25) is 9.59 Å². The van der Waals surface area contributed by atoms with E-state index in [2.05, 4.69) is 15.5 Å². The van der Waals surface area contributed by atoms with Crippen molar-refractivity contribution >= 4 is 40.8 Å². The van der Waals surface area contributed by atoms with Crippen molar-refractivity contribution in [3.63, 3.8) is 0 Å². The Labute approximate surface area is 240 Å². The number of benzene rings is 3. The van der Waals surface area contributed by atoms with Gasteiger partial charge in [0.05, 0.1) is 5.56 Å². The third kappa shape index (κ3) is 7.54. The van der Waals surface area contributed by atoms with Gasteiger partial charge < -0.3 is 25.3 Å². The van der Waals surface area contributed by atoms with Crippen LogP contribution in [0.15, 0.2) is 72.8 Å². The molecule has 1 aliphatic rings. The van der Waals surface area contributed by atoms with Gasteiger partial charge in [0.2, 0.25) is 0 Å². The Bertz CT molecular complexity index is 1350. The number of hydrogen-bond donors (Lipinski definition) is 2. The Morgan fingerprint density at radius 2 is 1.55 bits per heavy atom. The van der Waals surface area contributed by atoms with Crippen LogP contribution < -0.4 is 15.5 Å². The highest BCUT2D eigenvalue weighted by Crippen LogP contribution is 2.28. The van der Waals surface area contributed by atoms with Crippen LogP contribution in [0.1, 0.15) is 47.1 Å². The van der Waals surface area contributed by atoms with Gasteiger partial charge >= 0.3 is 6.03 Å². The van der Waals surface area contributed by atoms with Gasteiger partial charge in [0.25, 0.3) is 11.8 Å². The Morgan fingerprint density at radius 1 is 0.900 bits per heavy atom. The van der Waals surface area contributed by atoms with Gasteiger partial charge in [0.15, 0.2) is 0 Å². The Morgan fingerprint density at radius 3 is 2.17 bits per heavy atom. The van der Waals surface area contributed by atoms with Crippen LogP contribution in [0.5, 0.6) is 0 Å². The normalized spacial score (nSPS) is 13.5. The lowest BCUT2D eigenvalue weighted by atomic mass is 10.1. The molecule has 3 aromatic rings. The lowest BCUT2D eigenvalue weighted by molar-refractivity contribution is 0.0785. The minimum atomic E-state index is -0.316. The van der Waals surface area contributed by atoms with Crippen molar-refractivity contribution in [2.75, 3.05) is 43.4 Å². The second-order valence-electron chi connectivity index (χ2n) is 11.0. The molecule has 3 aromatic carbocycles. The van der Waals surface area contributed by atoms with Crippen LogP contribution in [-0.2, 0) is 6.54 Å². The van der Waals surface area contributed by atoms with Gasteiger partial charge in [-0.05, 0) is 68.8 Å². The van der Waals surface area contributed by atoms with Gasteiger partial charge in [-0.2, -0.15) is 0 Å². The molecule has 1 fully saturated rings. The fourth-order valence-electron chi connectivity index (χ4n) is 4.55. The summed E-state index contributed by atoms with van der Waals surface area (Å²) in [7, 11) is 1.77. The average Bonchev–Trinajstić information content (AvgIpc) is 2.92. The van der Waals surface area contributed by atoms with Crippen LogP contribution in [0, 0.1) is 0 Å². The second-order valence-corrected chi connectivity index (χ2v) is 11.4. The minimum absolute atomic E-state index is 0.0914. The van der Waals surface area contributed by atoms with Crippen LogP contribution in [0.2, 0.25) is 5.02 Å². The number of carbonyl (C=O) groups excluding carboxylic acids is 3. The van der Waals surface area contributed by atoms with Gasteiger partial charge in [-0.25, -0.2) is 4.79 Å². The molecule has 0 bridgehead atoms. The average molecular weight is 562 g/mol. The molecule has 4 amide bonds. The van der Waals surface area contributed by atoms with Crippen molar-refractivity contribution < 1.29 is 14.4 Å². The molecule has 1 aliphatic heterocycles. The van der Waals surface area contributed by atoms with Gasteiger partial charge in [0.1, 0.15) is 0 Å². The zero-order valence-electron chi connectivity index (χ0n) is 23.4. The summed E-state index contributed by atoms with van der Waals surface area (Å²) in [5, 5.41) is 6.46. The number of rotatable bonds is 6. The van der Waals surface area contributed by atoms with E-state index >= 15 is 0 Å². The smallest absolute Gasteiger partial charge is 0.317 e. The number of urea groups is 1. The number of amides is 4. The molecule has 1 saturated heterocycles. The molecule has 0 saturated carbocycles. The molecule has 2 N–H and O–H groups in total. The largest absolute Gasteiger partial charge is 0.367 e. The maximum absolute atomic E-state index is 13.8. The van der Waals surface area contributed by atoms with Crippen LogP contribution >= 0.6 is 11.6 Å². The molecule has 0 unspecified atom stereocenters. The highest BCUT2D eigenvalue weighted by Gasteiger charge is 2.27. The lowest BCUT2D eigenvalue weighted by Gasteiger charge is -2.38. The Kier molecular flexibility index (Phi) is 9.00. The summed E-state index contributed by atoms with van der Waals surface area (Å²) >= 11 is 5.96. The molecule has 0 atom stereocenters. The van der Waals surface area contributed by atoms with Crippen molar-refractivity contribution in [2.24, 2.45) is 0 Å². The molecule has 1 heterocycles. The van der Waals surface area contributed by atoms with Gasteiger partial charge in [-0.1, -0.05) is 41.9 Å². The number of halogens is 1. The number of piperazine rings is 1. The maximum Gasteiger partial charge on any atom is 0.317 e. The molecule has 4 rings (SSSR count). The van der Waals surface area contributed by atoms with E-state index in [0.717, 1.165) is 11.3 Å². The molecule has 40 heavy (non-hydrogen) atoms. The monoisotopic (exact) mass is 561 g/mol. The third-order valence-corrected chi connectivity index (χ3v) is 6.84. The molecule has 0 aliphatic carbocycles. The molecule has 0 aromatic heterocycles. The van der Waals surface area contributed by atoms with Crippen molar-refractivity contribution in [1.82, 2.24) is 15.1 Å². The van der Waals surface area contributed by atoms with E-state index in [1.807, 2.05) is 57.2 Å². The van der Waals surface area contributed by atoms with E-state index in [9.17, 15) is 14.4 Å². The van der Waals surface area contributed by atoms with Crippen molar-refractivity contribution in [1.29, 1.82) is 0 Å². The summed E-state index contributed by atoms with van der Waals surface area (Å²) < 4.78 is 0. The van der Waals surface area contributed by atoms with Crippen LogP contribution in [0.3, 0.4) is 0 Å². The maximum atomic E-state index is 13.8. The van der Waals surface area contributed by atoms with E-state index in [0.29, 0.717) is 54.6 Å². The summed E-state index contributed by atoms with van der Waals surface area (Å²) in [5.41, 5.74) is 2.94. The summed E-state index contributed by atoms with van der Waals surface area (Å²) in [4.78, 5) is 44.9. The quantitative estimate of drug-likeness (QED) is 0.416. The minimum Gasteiger partial charge on any atom is -0.367 e. The molecular weight excluding hydrogens is 526 g/mol. The first kappa shape index (κ1) is 29.0. The van der Waals surface area contributed by atoms with E-state index < -0.39 is 0 Å². The topological polar surface area (TPSA) is 85.0 Å². The summed E-state index contributed by atoms with van der Waals surface area (Å²) in [6.45, 7) is 8.54. The number of nitrogens with one attached hydrogen (secondary N) is 2. The fraction of sp³-hybridized carbons (Fsp3) is 0.323. The van der Waals surface area contributed by atoms with Gasteiger partial charge in [-0.15, -0.1) is 0 Å². The molecule has 8 nitrogen and oxygen atoms in total. The second kappa shape index (κ2) is 12.4. The Balaban J connectivity index is 1.56. The zero-order chi connectivity index (χ0) is 28.9. The molecule has 0 radical (unpaired) electrons. The first-order chi connectivity index (χ1) is 19.0. The number of nitrogens with zero attached hydrogens (tertiary/aromatic N) is 3. The number of anilines is 2. The highest BCUT2D eigenvalue weighted by molar-refractivity contribution is 6.30. The highest BCUT2D eigenvalue weighted by atomic mass is 35.5. The van der Waals surface area contributed by atoms with E-state index in [-0.39, 0.29) is 23.4 Å². The van der Waals surface area contributed by atoms with Crippen LogP contribution in [-0.4, -0.2) is 66.4 Å². The summed E-state index contributed by atoms with van der Waals surface area (Å²) in [6, 6.07) is 21.7. The summed E-state index contributed by atoms with van der Waals surface area (Å²) in [6.07, 6.45) is 0. The number of carbonyl (C=O) groups is 3. The molecule has 0 spiro atoms. The van der Waals surface area contributed by atoms with E-state index in [4.69, 9.17) is 11.6 Å². The molecule has 210 valence electrons. The van der Waals surface area contributed by atoms with Crippen LogP contribution in [0.25, 0.3) is 0 Å². The van der Waals surface area contributed by atoms with Crippen molar-refractivity contribution in [3.8, 4) is 0 Å². The van der Waals surface area contributed by atoms with E-state index in [1.54, 1.807) is 53.2 Å². The fourth-order valence-corrected chi connectivity index (χ4v) is 4.68. The lowest BCUT2D eigenvalue weighted by Crippen LogP contribution is -2.55. The number of hydrogen-bond acceptors (Lipinski definition) is 4.